The molecule has 0 radical (unpaired) electrons. The molecule has 0 spiro atoms. The Balaban J connectivity index is 1.45. The minimum atomic E-state index is 0.545. The maximum Gasteiger partial charge on any atom is 0.183 e. The van der Waals surface area contributed by atoms with Gasteiger partial charge in [0.05, 0.1) is 5.39 Å². The van der Waals surface area contributed by atoms with Gasteiger partial charge in [-0.1, -0.05) is 86.0 Å². The van der Waals surface area contributed by atoms with Gasteiger partial charge in [0.2, 0.25) is 0 Å². The van der Waals surface area contributed by atoms with E-state index in [9.17, 15) is 0 Å². The molecule has 3 aromatic carbocycles. The van der Waals surface area contributed by atoms with Crippen molar-refractivity contribution in [1.82, 2.24) is 19.9 Å². The van der Waals surface area contributed by atoms with Crippen LogP contribution < -0.4 is 0 Å². The molecule has 0 saturated heterocycles. The van der Waals surface area contributed by atoms with Gasteiger partial charge < -0.3 is 4.42 Å². The first-order chi connectivity index (χ1) is 18.3. The van der Waals surface area contributed by atoms with Gasteiger partial charge in [-0.3, -0.25) is 4.98 Å². The van der Waals surface area contributed by atoms with Crippen LogP contribution in [-0.2, 0) is 0 Å². The summed E-state index contributed by atoms with van der Waals surface area (Å²) in [5.74, 6) is 2.40. The molecule has 1 aliphatic carbocycles. The maximum absolute atomic E-state index is 6.28. The number of fused-ring (bicyclic) bond motifs is 3. The molecule has 5 heteroatoms. The predicted molar refractivity (Wildman–Crippen MR) is 147 cm³/mol. The SMILES string of the molecule is c1ccc(-c2nc(-c3ccccc3)nc(-c3nccc4oc5ccc(C6CCCCC6)cc5c34)n2)cc1. The first-order valence-electron chi connectivity index (χ1n) is 13.0. The van der Waals surface area contributed by atoms with Crippen LogP contribution in [0.15, 0.2) is 95.5 Å². The zero-order chi connectivity index (χ0) is 24.6. The van der Waals surface area contributed by atoms with E-state index in [0.717, 1.165) is 33.1 Å². The smallest absolute Gasteiger partial charge is 0.183 e. The molecule has 0 aliphatic heterocycles. The van der Waals surface area contributed by atoms with Crippen LogP contribution in [0.5, 0.6) is 0 Å². The average Bonchev–Trinajstić information content (AvgIpc) is 3.36. The molecule has 1 aliphatic rings. The predicted octanol–water partition coefficient (Wildman–Crippen LogP) is 8.21. The topological polar surface area (TPSA) is 64.7 Å². The lowest BCUT2D eigenvalue weighted by atomic mass is 9.84. The molecule has 7 rings (SSSR count). The first kappa shape index (κ1) is 21.9. The first-order valence-corrected chi connectivity index (χ1v) is 13.0. The van der Waals surface area contributed by atoms with Crippen molar-refractivity contribution >= 4 is 21.9 Å². The summed E-state index contributed by atoms with van der Waals surface area (Å²) in [4.78, 5) is 19.5. The van der Waals surface area contributed by atoms with Crippen LogP contribution in [0.4, 0.5) is 0 Å². The molecule has 5 nitrogen and oxygen atoms in total. The molecular formula is C32H26N4O. The normalized spacial score (nSPS) is 14.4. The monoisotopic (exact) mass is 482 g/mol. The number of furan rings is 1. The Bertz CT molecular complexity index is 1650. The van der Waals surface area contributed by atoms with Gasteiger partial charge in [-0.25, -0.2) is 15.0 Å². The Morgan fingerprint density at radius 3 is 1.95 bits per heavy atom. The number of hydrogen-bond acceptors (Lipinski definition) is 5. The highest BCUT2D eigenvalue weighted by molar-refractivity contribution is 6.10. The summed E-state index contributed by atoms with van der Waals surface area (Å²) in [6.07, 6.45) is 8.22. The van der Waals surface area contributed by atoms with E-state index in [1.54, 1.807) is 6.20 Å². The van der Waals surface area contributed by atoms with Crippen LogP contribution in [0, 0.1) is 0 Å². The van der Waals surface area contributed by atoms with Crippen LogP contribution in [0.25, 0.3) is 56.2 Å². The van der Waals surface area contributed by atoms with Gasteiger partial charge >= 0.3 is 0 Å². The number of nitrogens with zero attached hydrogens (tertiary/aromatic N) is 4. The van der Waals surface area contributed by atoms with Gasteiger partial charge in [0.15, 0.2) is 17.5 Å². The zero-order valence-corrected chi connectivity index (χ0v) is 20.5. The highest BCUT2D eigenvalue weighted by atomic mass is 16.3. The Morgan fingerprint density at radius 1 is 0.622 bits per heavy atom. The number of benzene rings is 3. The molecule has 37 heavy (non-hydrogen) atoms. The van der Waals surface area contributed by atoms with Gasteiger partial charge in [-0.05, 0) is 42.5 Å². The Hall–Kier alpha value is -4.38. The Labute approximate surface area is 215 Å². The van der Waals surface area contributed by atoms with Crippen molar-refractivity contribution in [3.63, 3.8) is 0 Å². The van der Waals surface area contributed by atoms with Crippen molar-refractivity contribution in [1.29, 1.82) is 0 Å². The van der Waals surface area contributed by atoms with Crippen LogP contribution in [-0.4, -0.2) is 19.9 Å². The van der Waals surface area contributed by atoms with Crippen LogP contribution >= 0.6 is 0 Å². The van der Waals surface area contributed by atoms with Gasteiger partial charge in [-0.15, -0.1) is 0 Å². The highest BCUT2D eigenvalue weighted by Gasteiger charge is 2.21. The molecule has 180 valence electrons. The van der Waals surface area contributed by atoms with E-state index >= 15 is 0 Å². The van der Waals surface area contributed by atoms with Crippen molar-refractivity contribution in [2.75, 3.05) is 0 Å². The van der Waals surface area contributed by atoms with Crippen LogP contribution in [0.1, 0.15) is 43.6 Å². The lowest BCUT2D eigenvalue weighted by Crippen LogP contribution is -2.04. The van der Waals surface area contributed by atoms with E-state index in [1.807, 2.05) is 66.7 Å². The quantitative estimate of drug-likeness (QED) is 0.253. The third kappa shape index (κ3) is 4.06. The molecule has 0 atom stereocenters. The summed E-state index contributed by atoms with van der Waals surface area (Å²) in [6, 6.07) is 28.6. The summed E-state index contributed by atoms with van der Waals surface area (Å²) >= 11 is 0. The summed E-state index contributed by atoms with van der Waals surface area (Å²) in [7, 11) is 0. The van der Waals surface area contributed by atoms with Crippen LogP contribution in [0.3, 0.4) is 0 Å². The van der Waals surface area contributed by atoms with Gasteiger partial charge in [-0.2, -0.15) is 0 Å². The summed E-state index contributed by atoms with van der Waals surface area (Å²) in [5.41, 5.74) is 5.64. The van der Waals surface area contributed by atoms with E-state index in [4.69, 9.17) is 24.4 Å². The number of rotatable bonds is 4. The Morgan fingerprint density at radius 2 is 1.27 bits per heavy atom. The molecule has 0 unspecified atom stereocenters. The summed E-state index contributed by atoms with van der Waals surface area (Å²) in [5, 5.41) is 2.03. The third-order valence-electron chi connectivity index (χ3n) is 7.39. The van der Waals surface area contributed by atoms with E-state index in [-0.39, 0.29) is 0 Å². The zero-order valence-electron chi connectivity index (χ0n) is 20.5. The second-order valence-electron chi connectivity index (χ2n) is 9.76. The van der Waals surface area contributed by atoms with Crippen molar-refractivity contribution in [3.8, 4) is 34.3 Å². The second kappa shape index (κ2) is 9.25. The molecule has 0 amide bonds. The highest BCUT2D eigenvalue weighted by Crippen LogP contribution is 2.39. The fourth-order valence-corrected chi connectivity index (χ4v) is 5.51. The van der Waals surface area contributed by atoms with Crippen molar-refractivity contribution in [3.05, 3.63) is 96.7 Å². The number of hydrogen-bond donors (Lipinski definition) is 0. The van der Waals surface area contributed by atoms with E-state index in [0.29, 0.717) is 29.1 Å². The maximum atomic E-state index is 6.28. The fraction of sp³-hybridized carbons (Fsp3) is 0.188. The number of pyridine rings is 1. The number of aromatic nitrogens is 4. The van der Waals surface area contributed by atoms with Crippen LogP contribution in [0.2, 0.25) is 0 Å². The van der Waals surface area contributed by atoms with Gasteiger partial charge in [0.25, 0.3) is 0 Å². The second-order valence-corrected chi connectivity index (χ2v) is 9.76. The van der Waals surface area contributed by atoms with E-state index < -0.39 is 0 Å². The lowest BCUT2D eigenvalue weighted by molar-refractivity contribution is 0.444. The molecule has 0 bridgehead atoms. The minimum Gasteiger partial charge on any atom is -0.456 e. The minimum absolute atomic E-state index is 0.545. The van der Waals surface area contributed by atoms with E-state index in [2.05, 4.69) is 18.2 Å². The van der Waals surface area contributed by atoms with Gasteiger partial charge in [0, 0.05) is 22.7 Å². The molecule has 3 aromatic heterocycles. The van der Waals surface area contributed by atoms with Crippen molar-refractivity contribution in [2.24, 2.45) is 0 Å². The third-order valence-corrected chi connectivity index (χ3v) is 7.39. The fourth-order valence-electron chi connectivity index (χ4n) is 5.51. The average molecular weight is 483 g/mol. The molecule has 1 fully saturated rings. The lowest BCUT2D eigenvalue weighted by Gasteiger charge is -2.21. The van der Waals surface area contributed by atoms with Crippen molar-refractivity contribution < 1.29 is 4.42 Å². The standard InChI is InChI=1S/C32H26N4O/c1-4-10-21(11-5-1)24-16-17-26-25(20-24)28-27(37-26)18-19-33-29(28)32-35-30(22-12-6-2-7-13-22)34-31(36-32)23-14-8-3-9-15-23/h2-3,6-9,12-21H,1,4-5,10-11H2. The summed E-state index contributed by atoms with van der Waals surface area (Å²) in [6.45, 7) is 0. The Kier molecular flexibility index (Phi) is 5.47. The largest absolute Gasteiger partial charge is 0.456 e. The molecule has 0 N–H and O–H groups in total. The molecule has 6 aromatic rings. The molecule has 1 saturated carbocycles. The van der Waals surface area contributed by atoms with E-state index in [1.165, 1.54) is 37.7 Å². The van der Waals surface area contributed by atoms with Crippen molar-refractivity contribution in [2.45, 2.75) is 38.0 Å². The molecule has 3 heterocycles. The summed E-state index contributed by atoms with van der Waals surface area (Å²) < 4.78 is 6.28. The molecular weight excluding hydrogens is 456 g/mol. The van der Waals surface area contributed by atoms with Gasteiger partial charge in [0.1, 0.15) is 16.9 Å².